The SMILES string of the molecule is COc1ccccc1NC(=O)N1CCC(COc2cccc(-c3sc(C(=O)O)c(OCC(=O)O)c3C)c2)CC1. The number of urea groups is 1. The number of nitrogens with zero attached hydrogens (tertiary/aromatic N) is 1. The Labute approximate surface area is 229 Å². The van der Waals surface area contributed by atoms with Gasteiger partial charge >= 0.3 is 18.0 Å². The number of aliphatic carboxylic acids is 1. The second-order valence-corrected chi connectivity index (χ2v) is 10.1. The predicted molar refractivity (Wildman–Crippen MR) is 146 cm³/mol. The summed E-state index contributed by atoms with van der Waals surface area (Å²) in [5.74, 6) is -0.763. The Morgan fingerprint density at radius 3 is 2.49 bits per heavy atom. The molecule has 39 heavy (non-hydrogen) atoms. The van der Waals surface area contributed by atoms with Gasteiger partial charge in [-0.2, -0.15) is 0 Å². The molecule has 2 amide bonds. The highest BCUT2D eigenvalue weighted by molar-refractivity contribution is 7.18. The number of aromatic carboxylic acids is 1. The third-order valence-corrected chi connectivity index (χ3v) is 7.77. The van der Waals surface area contributed by atoms with Crippen LogP contribution in [0.25, 0.3) is 10.4 Å². The van der Waals surface area contributed by atoms with Crippen molar-refractivity contribution >= 4 is 35.0 Å². The molecule has 0 saturated carbocycles. The smallest absolute Gasteiger partial charge is 0.349 e. The van der Waals surface area contributed by atoms with Crippen molar-refractivity contribution in [1.82, 2.24) is 4.90 Å². The third kappa shape index (κ3) is 6.80. The highest BCUT2D eigenvalue weighted by Gasteiger charge is 2.25. The molecule has 1 aliphatic heterocycles. The Morgan fingerprint density at radius 1 is 1.05 bits per heavy atom. The number of carboxylic acids is 2. The largest absolute Gasteiger partial charge is 0.495 e. The Hall–Kier alpha value is -4.25. The van der Waals surface area contributed by atoms with Gasteiger partial charge in [0.25, 0.3) is 0 Å². The molecule has 1 fully saturated rings. The van der Waals surface area contributed by atoms with Crippen LogP contribution in [0.4, 0.5) is 10.5 Å². The molecule has 0 spiro atoms. The summed E-state index contributed by atoms with van der Waals surface area (Å²) in [4.78, 5) is 37.8. The molecule has 0 radical (unpaired) electrons. The molecule has 1 saturated heterocycles. The molecule has 0 bridgehead atoms. The summed E-state index contributed by atoms with van der Waals surface area (Å²) in [7, 11) is 1.56. The number of carbonyl (C=O) groups is 3. The van der Waals surface area contributed by atoms with E-state index in [1.807, 2.05) is 36.4 Å². The summed E-state index contributed by atoms with van der Waals surface area (Å²) >= 11 is 1.04. The van der Waals surface area contributed by atoms with Gasteiger partial charge in [0, 0.05) is 23.5 Å². The molecule has 2 aromatic carbocycles. The fourth-order valence-corrected chi connectivity index (χ4v) is 5.50. The third-order valence-electron chi connectivity index (χ3n) is 6.46. The minimum atomic E-state index is -1.18. The molecular weight excluding hydrogens is 524 g/mol. The minimum Gasteiger partial charge on any atom is -0.495 e. The lowest BCUT2D eigenvalue weighted by Crippen LogP contribution is -2.42. The van der Waals surface area contributed by atoms with Crippen molar-refractivity contribution in [2.75, 3.05) is 38.7 Å². The molecule has 10 nitrogen and oxygen atoms in total. The second kappa shape index (κ2) is 12.5. The van der Waals surface area contributed by atoms with Gasteiger partial charge in [0.2, 0.25) is 0 Å². The van der Waals surface area contributed by atoms with Crippen LogP contribution in [0.5, 0.6) is 17.2 Å². The number of methoxy groups -OCH3 is 1. The normalized spacial score (nSPS) is 13.5. The van der Waals surface area contributed by atoms with E-state index >= 15 is 0 Å². The van der Waals surface area contributed by atoms with Crippen molar-refractivity contribution in [2.45, 2.75) is 19.8 Å². The number of benzene rings is 2. The van der Waals surface area contributed by atoms with Crippen LogP contribution in [-0.2, 0) is 4.79 Å². The summed E-state index contributed by atoms with van der Waals surface area (Å²) in [6.45, 7) is 2.80. The molecular formula is C28H30N2O8S. The number of carbonyl (C=O) groups excluding carboxylic acids is 1. The lowest BCUT2D eigenvalue weighted by atomic mass is 9.98. The summed E-state index contributed by atoms with van der Waals surface area (Å²) < 4.78 is 16.7. The van der Waals surface area contributed by atoms with Gasteiger partial charge in [0.1, 0.15) is 17.2 Å². The van der Waals surface area contributed by atoms with Gasteiger partial charge in [-0.15, -0.1) is 11.3 Å². The Balaban J connectivity index is 1.34. The fourth-order valence-electron chi connectivity index (χ4n) is 4.41. The van der Waals surface area contributed by atoms with Crippen LogP contribution in [0.1, 0.15) is 28.1 Å². The summed E-state index contributed by atoms with van der Waals surface area (Å²) in [6.07, 6.45) is 1.60. The Kier molecular flexibility index (Phi) is 8.92. The van der Waals surface area contributed by atoms with E-state index in [4.69, 9.17) is 19.3 Å². The van der Waals surface area contributed by atoms with Crippen molar-refractivity contribution < 1.29 is 38.8 Å². The standard InChI is InChI=1S/C28H30N2O8S/c1-17-24(38-16-23(31)32)26(27(33)34)39-25(17)19-6-5-7-20(14-19)37-15-18-10-12-30(13-11-18)28(35)29-21-8-3-4-9-22(21)36-2/h3-9,14,18H,10-13,15-16H2,1-2H3,(H,29,35)(H,31,32)(H,33,34). The number of amides is 2. The molecule has 4 rings (SSSR count). The number of anilines is 1. The Bertz CT molecular complexity index is 1350. The first-order valence-electron chi connectivity index (χ1n) is 12.4. The summed E-state index contributed by atoms with van der Waals surface area (Å²) in [5, 5.41) is 21.4. The molecule has 3 N–H and O–H groups in total. The van der Waals surface area contributed by atoms with Crippen molar-refractivity contribution in [1.29, 1.82) is 0 Å². The van der Waals surface area contributed by atoms with Crippen molar-refractivity contribution in [3.63, 3.8) is 0 Å². The lowest BCUT2D eigenvalue weighted by molar-refractivity contribution is -0.139. The molecule has 11 heteroatoms. The molecule has 0 atom stereocenters. The zero-order chi connectivity index (χ0) is 27.9. The number of thiophene rings is 1. The number of nitrogens with one attached hydrogen (secondary N) is 1. The fraction of sp³-hybridized carbons (Fsp3) is 0.321. The predicted octanol–water partition coefficient (Wildman–Crippen LogP) is 5.22. The molecule has 1 aromatic heterocycles. The molecule has 1 aliphatic rings. The maximum Gasteiger partial charge on any atom is 0.349 e. The number of likely N-dealkylation sites (tertiary alicyclic amines) is 1. The quantitative estimate of drug-likeness (QED) is 0.311. The summed E-state index contributed by atoms with van der Waals surface area (Å²) in [6, 6.07) is 14.5. The van der Waals surface area contributed by atoms with Crippen LogP contribution in [-0.4, -0.2) is 66.5 Å². The minimum absolute atomic E-state index is 0.0448. The molecule has 0 aliphatic carbocycles. The average Bonchev–Trinajstić information content (AvgIpc) is 3.27. The maximum absolute atomic E-state index is 12.7. The van der Waals surface area contributed by atoms with E-state index in [2.05, 4.69) is 5.32 Å². The van der Waals surface area contributed by atoms with Crippen LogP contribution in [0.2, 0.25) is 0 Å². The molecule has 206 valence electrons. The maximum atomic E-state index is 12.7. The van der Waals surface area contributed by atoms with E-state index in [1.165, 1.54) is 0 Å². The highest BCUT2D eigenvalue weighted by atomic mass is 32.1. The Morgan fingerprint density at radius 2 is 1.79 bits per heavy atom. The zero-order valence-electron chi connectivity index (χ0n) is 21.6. The summed E-state index contributed by atoms with van der Waals surface area (Å²) in [5.41, 5.74) is 1.95. The van der Waals surface area contributed by atoms with Crippen LogP contribution in [0, 0.1) is 12.8 Å². The van der Waals surface area contributed by atoms with Gasteiger partial charge in [-0.1, -0.05) is 24.3 Å². The van der Waals surface area contributed by atoms with Gasteiger partial charge in [-0.25, -0.2) is 14.4 Å². The number of rotatable bonds is 10. The monoisotopic (exact) mass is 554 g/mol. The van der Waals surface area contributed by atoms with E-state index in [0.717, 1.165) is 29.7 Å². The number of carboxylic acid groups (broad SMARTS) is 2. The van der Waals surface area contributed by atoms with Crippen molar-refractivity contribution in [3.8, 4) is 27.7 Å². The molecule has 2 heterocycles. The number of hydrogen-bond acceptors (Lipinski definition) is 7. The average molecular weight is 555 g/mol. The first kappa shape index (κ1) is 27.8. The molecule has 0 unspecified atom stereocenters. The van der Waals surface area contributed by atoms with E-state index in [1.54, 1.807) is 31.1 Å². The van der Waals surface area contributed by atoms with E-state index in [0.29, 0.717) is 47.3 Å². The number of ether oxygens (including phenoxy) is 3. The van der Waals surface area contributed by atoms with E-state index in [9.17, 15) is 19.5 Å². The molecule has 3 aromatic rings. The van der Waals surface area contributed by atoms with Crippen LogP contribution < -0.4 is 19.5 Å². The first-order chi connectivity index (χ1) is 18.8. The van der Waals surface area contributed by atoms with Crippen molar-refractivity contribution in [3.05, 3.63) is 59.0 Å². The topological polar surface area (TPSA) is 135 Å². The van der Waals surface area contributed by atoms with Crippen molar-refractivity contribution in [2.24, 2.45) is 5.92 Å². The van der Waals surface area contributed by atoms with Gasteiger partial charge in [0.15, 0.2) is 11.5 Å². The zero-order valence-corrected chi connectivity index (χ0v) is 22.5. The van der Waals surface area contributed by atoms with E-state index < -0.39 is 18.5 Å². The second-order valence-electron chi connectivity index (χ2n) is 9.10. The number of hydrogen-bond donors (Lipinski definition) is 3. The van der Waals surface area contributed by atoms with Gasteiger partial charge in [-0.05, 0) is 55.5 Å². The number of para-hydroxylation sites is 2. The highest BCUT2D eigenvalue weighted by Crippen LogP contribution is 2.42. The number of piperidine rings is 1. The lowest BCUT2D eigenvalue weighted by Gasteiger charge is -2.32. The first-order valence-corrected chi connectivity index (χ1v) is 13.2. The van der Waals surface area contributed by atoms with Crippen LogP contribution in [0.15, 0.2) is 48.5 Å². The van der Waals surface area contributed by atoms with Crippen LogP contribution in [0.3, 0.4) is 0 Å². The van der Waals surface area contributed by atoms with Gasteiger partial charge in [-0.3, -0.25) is 0 Å². The van der Waals surface area contributed by atoms with Gasteiger partial charge in [0.05, 0.1) is 19.4 Å². The van der Waals surface area contributed by atoms with Crippen LogP contribution >= 0.6 is 11.3 Å². The van der Waals surface area contributed by atoms with E-state index in [-0.39, 0.29) is 22.6 Å². The van der Waals surface area contributed by atoms with Gasteiger partial charge < -0.3 is 34.6 Å².